The molecular weight excluding hydrogens is 342 g/mol. The average Bonchev–Trinajstić information content (AvgIpc) is 2.63. The van der Waals surface area contributed by atoms with Gasteiger partial charge in [-0.25, -0.2) is 9.97 Å². The summed E-state index contributed by atoms with van der Waals surface area (Å²) in [4.78, 5) is 22.9. The van der Waals surface area contributed by atoms with Gasteiger partial charge in [-0.2, -0.15) is 0 Å². The van der Waals surface area contributed by atoms with E-state index >= 15 is 0 Å². The number of amides is 1. The van der Waals surface area contributed by atoms with E-state index in [9.17, 15) is 9.90 Å². The van der Waals surface area contributed by atoms with Crippen molar-refractivity contribution in [2.75, 3.05) is 19.7 Å². The number of rotatable bonds is 4. The van der Waals surface area contributed by atoms with Crippen molar-refractivity contribution in [3.63, 3.8) is 0 Å². The Balaban J connectivity index is 1.58. The van der Waals surface area contributed by atoms with Gasteiger partial charge < -0.3 is 14.7 Å². The number of hydrogen-bond donors (Lipinski definition) is 1. The molecule has 1 aromatic heterocycles. The molecule has 2 heterocycles. The van der Waals surface area contributed by atoms with Crippen LogP contribution in [0.2, 0.25) is 0 Å². The SMILES string of the molecule is Cc1ncc(C(=O)N2CCC(O)(COc3ccc(C)c(C)c3)CC2)c(C)n1. The second-order valence-corrected chi connectivity index (χ2v) is 7.47. The first kappa shape index (κ1) is 19.3. The van der Waals surface area contributed by atoms with Crippen LogP contribution in [0.15, 0.2) is 24.4 Å². The number of carbonyl (C=O) groups is 1. The normalized spacial score (nSPS) is 16.3. The third-order valence-electron chi connectivity index (χ3n) is 5.30. The fraction of sp³-hybridized carbons (Fsp3) is 0.476. The fourth-order valence-electron chi connectivity index (χ4n) is 3.26. The van der Waals surface area contributed by atoms with Gasteiger partial charge in [0, 0.05) is 19.3 Å². The summed E-state index contributed by atoms with van der Waals surface area (Å²) in [5, 5.41) is 10.8. The van der Waals surface area contributed by atoms with Gasteiger partial charge in [-0.3, -0.25) is 4.79 Å². The largest absolute Gasteiger partial charge is 0.491 e. The number of hydrogen-bond acceptors (Lipinski definition) is 5. The molecule has 0 aliphatic carbocycles. The molecule has 1 fully saturated rings. The molecule has 6 nitrogen and oxygen atoms in total. The van der Waals surface area contributed by atoms with E-state index in [2.05, 4.69) is 16.9 Å². The van der Waals surface area contributed by atoms with Crippen LogP contribution >= 0.6 is 0 Å². The summed E-state index contributed by atoms with van der Waals surface area (Å²) in [5.74, 6) is 1.34. The molecule has 144 valence electrons. The van der Waals surface area contributed by atoms with Crippen molar-refractivity contribution in [2.24, 2.45) is 0 Å². The summed E-state index contributed by atoms with van der Waals surface area (Å²) < 4.78 is 5.82. The van der Waals surface area contributed by atoms with Crippen LogP contribution in [0.1, 0.15) is 45.8 Å². The van der Waals surface area contributed by atoms with Crippen LogP contribution in [0.3, 0.4) is 0 Å². The van der Waals surface area contributed by atoms with Crippen molar-refractivity contribution < 1.29 is 14.6 Å². The summed E-state index contributed by atoms with van der Waals surface area (Å²) in [7, 11) is 0. The molecule has 3 rings (SSSR count). The lowest BCUT2D eigenvalue weighted by molar-refractivity contribution is -0.0475. The predicted octanol–water partition coefficient (Wildman–Crippen LogP) is 2.76. The van der Waals surface area contributed by atoms with Crippen LogP contribution in [-0.4, -0.2) is 51.2 Å². The van der Waals surface area contributed by atoms with E-state index in [1.165, 1.54) is 5.56 Å². The molecule has 0 saturated carbocycles. The van der Waals surface area contributed by atoms with E-state index in [0.717, 1.165) is 11.3 Å². The highest BCUT2D eigenvalue weighted by Gasteiger charge is 2.35. The minimum absolute atomic E-state index is 0.0790. The molecule has 1 aromatic carbocycles. The maximum atomic E-state index is 12.7. The van der Waals surface area contributed by atoms with E-state index in [0.29, 0.717) is 43.0 Å². The molecule has 0 unspecified atom stereocenters. The Morgan fingerprint density at radius 3 is 2.52 bits per heavy atom. The number of benzene rings is 1. The third-order valence-corrected chi connectivity index (χ3v) is 5.30. The molecule has 1 aliphatic heterocycles. The zero-order chi connectivity index (χ0) is 19.6. The predicted molar refractivity (Wildman–Crippen MR) is 103 cm³/mol. The Bertz CT molecular complexity index is 843. The van der Waals surface area contributed by atoms with Gasteiger partial charge in [0.15, 0.2) is 0 Å². The van der Waals surface area contributed by atoms with E-state index in [1.807, 2.05) is 32.0 Å². The van der Waals surface area contributed by atoms with Gasteiger partial charge in [0.25, 0.3) is 5.91 Å². The molecule has 1 amide bonds. The van der Waals surface area contributed by atoms with Gasteiger partial charge in [0.1, 0.15) is 23.8 Å². The number of aryl methyl sites for hydroxylation is 4. The summed E-state index contributed by atoms with van der Waals surface area (Å²) in [6.45, 7) is 8.91. The number of likely N-dealkylation sites (tertiary alicyclic amines) is 1. The van der Waals surface area contributed by atoms with Gasteiger partial charge in [0.05, 0.1) is 11.3 Å². The monoisotopic (exact) mass is 369 g/mol. The van der Waals surface area contributed by atoms with Crippen molar-refractivity contribution in [3.8, 4) is 5.75 Å². The van der Waals surface area contributed by atoms with Crippen LogP contribution in [0.25, 0.3) is 0 Å². The van der Waals surface area contributed by atoms with Crippen LogP contribution in [0.5, 0.6) is 5.75 Å². The first-order chi connectivity index (χ1) is 12.8. The molecule has 0 bridgehead atoms. The molecule has 0 atom stereocenters. The maximum absolute atomic E-state index is 12.7. The van der Waals surface area contributed by atoms with E-state index in [-0.39, 0.29) is 12.5 Å². The van der Waals surface area contributed by atoms with E-state index in [4.69, 9.17) is 4.74 Å². The molecule has 0 radical (unpaired) electrons. The van der Waals surface area contributed by atoms with Crippen molar-refractivity contribution in [3.05, 3.63) is 52.6 Å². The Morgan fingerprint density at radius 2 is 1.89 bits per heavy atom. The molecule has 1 saturated heterocycles. The Morgan fingerprint density at radius 1 is 1.19 bits per heavy atom. The lowest BCUT2D eigenvalue weighted by Crippen LogP contribution is -2.49. The topological polar surface area (TPSA) is 75.6 Å². The molecule has 0 spiro atoms. The number of carbonyl (C=O) groups excluding carboxylic acids is 1. The number of nitrogens with zero attached hydrogens (tertiary/aromatic N) is 3. The molecule has 6 heteroatoms. The number of aliphatic hydroxyl groups is 1. The third kappa shape index (κ3) is 4.45. The van der Waals surface area contributed by atoms with E-state index in [1.54, 1.807) is 18.0 Å². The quantitative estimate of drug-likeness (QED) is 0.897. The first-order valence-corrected chi connectivity index (χ1v) is 9.29. The summed E-state index contributed by atoms with van der Waals surface area (Å²) in [6.07, 6.45) is 2.55. The van der Waals surface area contributed by atoms with Gasteiger partial charge >= 0.3 is 0 Å². The lowest BCUT2D eigenvalue weighted by Gasteiger charge is -2.38. The van der Waals surface area contributed by atoms with Crippen molar-refractivity contribution >= 4 is 5.91 Å². The zero-order valence-corrected chi connectivity index (χ0v) is 16.5. The van der Waals surface area contributed by atoms with Gasteiger partial charge in [-0.05, 0) is 63.8 Å². The maximum Gasteiger partial charge on any atom is 0.257 e. The molecule has 27 heavy (non-hydrogen) atoms. The number of piperidine rings is 1. The summed E-state index contributed by atoms with van der Waals surface area (Å²) in [5.41, 5.74) is 2.66. The number of aromatic nitrogens is 2. The minimum atomic E-state index is -0.922. The molecule has 1 aliphatic rings. The lowest BCUT2D eigenvalue weighted by atomic mass is 9.92. The Labute approximate surface area is 160 Å². The second-order valence-electron chi connectivity index (χ2n) is 7.47. The summed E-state index contributed by atoms with van der Waals surface area (Å²) >= 11 is 0. The smallest absolute Gasteiger partial charge is 0.257 e. The van der Waals surface area contributed by atoms with Crippen LogP contribution in [-0.2, 0) is 0 Å². The molecule has 2 aromatic rings. The zero-order valence-electron chi connectivity index (χ0n) is 16.5. The molecular formula is C21H27N3O3. The first-order valence-electron chi connectivity index (χ1n) is 9.29. The number of ether oxygens (including phenoxy) is 1. The van der Waals surface area contributed by atoms with Crippen LogP contribution < -0.4 is 4.74 Å². The fourth-order valence-corrected chi connectivity index (χ4v) is 3.26. The Hall–Kier alpha value is -2.47. The van der Waals surface area contributed by atoms with Crippen LogP contribution in [0, 0.1) is 27.7 Å². The van der Waals surface area contributed by atoms with Crippen LogP contribution in [0.4, 0.5) is 0 Å². The minimum Gasteiger partial charge on any atom is -0.491 e. The Kier molecular flexibility index (Phi) is 5.46. The van der Waals surface area contributed by atoms with Crippen molar-refractivity contribution in [1.82, 2.24) is 14.9 Å². The average molecular weight is 369 g/mol. The van der Waals surface area contributed by atoms with E-state index < -0.39 is 5.60 Å². The second kappa shape index (κ2) is 7.64. The van der Waals surface area contributed by atoms with Gasteiger partial charge in [0.2, 0.25) is 0 Å². The molecule has 1 N–H and O–H groups in total. The van der Waals surface area contributed by atoms with Crippen molar-refractivity contribution in [1.29, 1.82) is 0 Å². The van der Waals surface area contributed by atoms with Gasteiger partial charge in [-0.15, -0.1) is 0 Å². The highest BCUT2D eigenvalue weighted by atomic mass is 16.5. The van der Waals surface area contributed by atoms with Crippen molar-refractivity contribution in [2.45, 2.75) is 46.1 Å². The highest BCUT2D eigenvalue weighted by Crippen LogP contribution is 2.26. The van der Waals surface area contributed by atoms with Gasteiger partial charge in [-0.1, -0.05) is 6.07 Å². The standard InChI is InChI=1S/C21H27N3O3/c1-14-5-6-18(11-15(14)2)27-13-21(26)7-9-24(10-8-21)20(25)19-12-22-17(4)23-16(19)3/h5-6,11-12,26H,7-10,13H2,1-4H3. The summed E-state index contributed by atoms with van der Waals surface area (Å²) in [6, 6.07) is 5.92. The highest BCUT2D eigenvalue weighted by molar-refractivity contribution is 5.95.